The average Bonchev–Trinajstić information content (AvgIpc) is 3.12. The quantitative estimate of drug-likeness (QED) is 0.793. The van der Waals surface area contributed by atoms with E-state index in [0.717, 1.165) is 31.1 Å². The minimum absolute atomic E-state index is 0.511. The molecule has 1 saturated heterocycles. The summed E-state index contributed by atoms with van der Waals surface area (Å²) in [7, 11) is 0. The van der Waals surface area contributed by atoms with Crippen LogP contribution in [0, 0.1) is 11.3 Å². The molecule has 3 rings (SSSR count). The minimum atomic E-state index is 0.511. The van der Waals surface area contributed by atoms with Gasteiger partial charge in [-0.25, -0.2) is 0 Å². The summed E-state index contributed by atoms with van der Waals surface area (Å²) in [4.78, 5) is 9.89. The van der Waals surface area contributed by atoms with E-state index in [0.29, 0.717) is 24.8 Å². The second kappa shape index (κ2) is 6.13. The first-order valence-electron chi connectivity index (χ1n) is 6.53. The summed E-state index contributed by atoms with van der Waals surface area (Å²) in [5, 5.41) is 14.7. The summed E-state index contributed by atoms with van der Waals surface area (Å²) in [6.45, 7) is 4.88. The lowest BCUT2D eigenvalue weighted by atomic mass is 10.3. The van der Waals surface area contributed by atoms with Gasteiger partial charge < -0.3 is 4.52 Å². The lowest BCUT2D eigenvalue weighted by Crippen LogP contribution is -2.45. The Kier molecular flexibility index (Phi) is 4.06. The summed E-state index contributed by atoms with van der Waals surface area (Å²) in [6.07, 6.45) is 0. The lowest BCUT2D eigenvalue weighted by molar-refractivity contribution is 0.126. The van der Waals surface area contributed by atoms with E-state index in [-0.39, 0.29) is 0 Å². The third-order valence-electron chi connectivity index (χ3n) is 3.33. The van der Waals surface area contributed by atoms with Crippen LogP contribution in [-0.4, -0.2) is 52.7 Å². The molecule has 0 bridgehead atoms. The molecule has 1 fully saturated rings. The zero-order valence-corrected chi connectivity index (χ0v) is 11.8. The van der Waals surface area contributed by atoms with E-state index in [4.69, 9.17) is 9.78 Å². The Morgan fingerprint density at radius 1 is 1.30 bits per heavy atom. The standard InChI is InChI=1S/C13H15N5OS/c14-3-4-17-5-7-18(8-6-17)10-12-15-13(16-19-12)11-2-1-9-20-11/h1-2,9H,4-8,10H2. The third-order valence-corrected chi connectivity index (χ3v) is 4.19. The highest BCUT2D eigenvalue weighted by atomic mass is 32.1. The van der Waals surface area contributed by atoms with Crippen molar-refractivity contribution in [2.75, 3.05) is 32.7 Å². The van der Waals surface area contributed by atoms with Gasteiger partial charge in [-0.1, -0.05) is 11.2 Å². The minimum Gasteiger partial charge on any atom is -0.338 e. The number of aromatic nitrogens is 2. The summed E-state index contributed by atoms with van der Waals surface area (Å²) < 4.78 is 5.30. The van der Waals surface area contributed by atoms with E-state index in [1.165, 1.54) is 0 Å². The van der Waals surface area contributed by atoms with E-state index in [2.05, 4.69) is 26.0 Å². The van der Waals surface area contributed by atoms with Crippen molar-refractivity contribution in [3.63, 3.8) is 0 Å². The molecule has 0 unspecified atom stereocenters. The molecule has 0 aliphatic carbocycles. The van der Waals surface area contributed by atoms with Crippen LogP contribution in [0.4, 0.5) is 0 Å². The highest BCUT2D eigenvalue weighted by Gasteiger charge is 2.19. The molecule has 2 aromatic heterocycles. The second-order valence-electron chi connectivity index (χ2n) is 4.70. The predicted molar refractivity (Wildman–Crippen MR) is 74.9 cm³/mol. The van der Waals surface area contributed by atoms with Gasteiger partial charge in [0.1, 0.15) is 0 Å². The molecule has 0 atom stereocenters. The van der Waals surface area contributed by atoms with Crippen LogP contribution in [0.1, 0.15) is 5.89 Å². The van der Waals surface area contributed by atoms with Gasteiger partial charge in [0, 0.05) is 26.2 Å². The van der Waals surface area contributed by atoms with Crippen molar-refractivity contribution in [1.82, 2.24) is 19.9 Å². The maximum atomic E-state index is 8.68. The molecular formula is C13H15N5OS. The molecule has 0 aromatic carbocycles. The zero-order chi connectivity index (χ0) is 13.8. The van der Waals surface area contributed by atoms with Crippen molar-refractivity contribution in [3.05, 3.63) is 23.4 Å². The van der Waals surface area contributed by atoms with Crippen LogP contribution in [0.2, 0.25) is 0 Å². The van der Waals surface area contributed by atoms with E-state index in [1.807, 2.05) is 17.5 Å². The van der Waals surface area contributed by atoms with Gasteiger partial charge >= 0.3 is 0 Å². The SMILES string of the molecule is N#CCN1CCN(Cc2nc(-c3cccs3)no2)CC1. The summed E-state index contributed by atoms with van der Waals surface area (Å²) in [6, 6.07) is 6.15. The monoisotopic (exact) mass is 289 g/mol. The topological polar surface area (TPSA) is 69.2 Å². The molecular weight excluding hydrogens is 274 g/mol. The van der Waals surface area contributed by atoms with Crippen LogP contribution < -0.4 is 0 Å². The van der Waals surface area contributed by atoms with Crippen molar-refractivity contribution < 1.29 is 4.52 Å². The Morgan fingerprint density at radius 2 is 2.10 bits per heavy atom. The van der Waals surface area contributed by atoms with Gasteiger partial charge in [0.2, 0.25) is 11.7 Å². The number of hydrogen-bond acceptors (Lipinski definition) is 7. The van der Waals surface area contributed by atoms with Crippen molar-refractivity contribution in [2.45, 2.75) is 6.54 Å². The maximum Gasteiger partial charge on any atom is 0.241 e. The molecule has 3 heterocycles. The van der Waals surface area contributed by atoms with Crippen LogP contribution >= 0.6 is 11.3 Å². The first-order valence-corrected chi connectivity index (χ1v) is 7.41. The summed E-state index contributed by atoms with van der Waals surface area (Å²) in [5.74, 6) is 1.32. The first-order chi connectivity index (χ1) is 9.85. The molecule has 0 N–H and O–H groups in total. The highest BCUT2D eigenvalue weighted by molar-refractivity contribution is 7.13. The molecule has 0 amide bonds. The van der Waals surface area contributed by atoms with E-state index < -0.39 is 0 Å². The fourth-order valence-corrected chi connectivity index (χ4v) is 2.87. The van der Waals surface area contributed by atoms with Crippen LogP contribution in [0.3, 0.4) is 0 Å². The van der Waals surface area contributed by atoms with Crippen molar-refractivity contribution in [1.29, 1.82) is 5.26 Å². The smallest absolute Gasteiger partial charge is 0.241 e. The van der Waals surface area contributed by atoms with Crippen molar-refractivity contribution in [2.24, 2.45) is 0 Å². The number of thiophene rings is 1. The van der Waals surface area contributed by atoms with E-state index >= 15 is 0 Å². The van der Waals surface area contributed by atoms with Crippen LogP contribution in [0.15, 0.2) is 22.0 Å². The number of rotatable bonds is 4. The lowest BCUT2D eigenvalue weighted by Gasteiger charge is -2.32. The van der Waals surface area contributed by atoms with E-state index in [1.54, 1.807) is 11.3 Å². The van der Waals surface area contributed by atoms with Crippen LogP contribution in [0.5, 0.6) is 0 Å². The Hall–Kier alpha value is -1.75. The molecule has 0 saturated carbocycles. The molecule has 0 radical (unpaired) electrons. The van der Waals surface area contributed by atoms with Gasteiger partial charge in [-0.2, -0.15) is 10.2 Å². The molecule has 1 aliphatic heterocycles. The number of hydrogen-bond donors (Lipinski definition) is 0. The Labute approximate surface area is 121 Å². The predicted octanol–water partition coefficient (Wildman–Crippen LogP) is 1.44. The fourth-order valence-electron chi connectivity index (χ4n) is 2.22. The van der Waals surface area contributed by atoms with Gasteiger partial charge in [-0.3, -0.25) is 9.80 Å². The van der Waals surface area contributed by atoms with Crippen LogP contribution in [0.25, 0.3) is 10.7 Å². The molecule has 6 nitrogen and oxygen atoms in total. The molecule has 20 heavy (non-hydrogen) atoms. The molecule has 0 spiro atoms. The number of piperazine rings is 1. The highest BCUT2D eigenvalue weighted by Crippen LogP contribution is 2.21. The molecule has 104 valence electrons. The largest absolute Gasteiger partial charge is 0.338 e. The number of nitrogens with zero attached hydrogens (tertiary/aromatic N) is 5. The maximum absolute atomic E-state index is 8.68. The normalized spacial score (nSPS) is 17.1. The van der Waals surface area contributed by atoms with Gasteiger partial charge in [0.25, 0.3) is 0 Å². The summed E-state index contributed by atoms with van der Waals surface area (Å²) >= 11 is 1.61. The second-order valence-corrected chi connectivity index (χ2v) is 5.65. The first kappa shape index (κ1) is 13.2. The molecule has 1 aliphatic rings. The van der Waals surface area contributed by atoms with Gasteiger partial charge in [0.15, 0.2) is 0 Å². The third kappa shape index (κ3) is 3.04. The van der Waals surface area contributed by atoms with Gasteiger partial charge in [-0.05, 0) is 11.4 Å². The molecule has 7 heteroatoms. The van der Waals surface area contributed by atoms with Gasteiger partial charge in [0.05, 0.1) is 24.0 Å². The fraction of sp³-hybridized carbons (Fsp3) is 0.462. The Morgan fingerprint density at radius 3 is 2.80 bits per heavy atom. The molecule has 2 aromatic rings. The van der Waals surface area contributed by atoms with Crippen molar-refractivity contribution >= 4 is 11.3 Å². The Balaban J connectivity index is 1.56. The van der Waals surface area contributed by atoms with Crippen LogP contribution in [-0.2, 0) is 6.54 Å². The van der Waals surface area contributed by atoms with Crippen molar-refractivity contribution in [3.8, 4) is 16.8 Å². The van der Waals surface area contributed by atoms with E-state index in [9.17, 15) is 0 Å². The Bertz CT molecular complexity index is 580. The average molecular weight is 289 g/mol. The zero-order valence-electron chi connectivity index (χ0n) is 11.0. The summed E-state index contributed by atoms with van der Waals surface area (Å²) in [5.41, 5.74) is 0. The van der Waals surface area contributed by atoms with Gasteiger partial charge in [-0.15, -0.1) is 11.3 Å². The number of nitriles is 1.